The van der Waals surface area contributed by atoms with Crippen LogP contribution in [0.2, 0.25) is 0 Å². The van der Waals surface area contributed by atoms with Crippen LogP contribution in [0.15, 0.2) is 47.6 Å². The molecule has 0 aliphatic heterocycles. The summed E-state index contributed by atoms with van der Waals surface area (Å²) in [5, 5.41) is 6.84. The number of amides is 1. The topological polar surface area (TPSA) is 62.7 Å². The maximum absolute atomic E-state index is 12.4. The summed E-state index contributed by atoms with van der Waals surface area (Å²) in [6.07, 6.45) is 1.45. The average molecular weight is 347 g/mol. The van der Waals surface area contributed by atoms with Crippen molar-refractivity contribution in [1.29, 1.82) is 0 Å². The molecule has 5 nitrogen and oxygen atoms in total. The van der Waals surface area contributed by atoms with Crippen LogP contribution in [0.1, 0.15) is 16.7 Å². The Morgan fingerprint density at radius 1 is 1.20 bits per heavy atom. The van der Waals surface area contributed by atoms with E-state index in [9.17, 15) is 13.6 Å². The summed E-state index contributed by atoms with van der Waals surface area (Å²) in [4.78, 5) is 11.7. The van der Waals surface area contributed by atoms with Crippen LogP contribution in [0.4, 0.5) is 14.5 Å². The zero-order chi connectivity index (χ0) is 18.2. The predicted molar refractivity (Wildman–Crippen MR) is 93.2 cm³/mol. The molecular weight excluding hydrogens is 328 g/mol. The number of carbonyl (C=O) groups excluding carboxylic acids is 1. The lowest BCUT2D eigenvalue weighted by molar-refractivity contribution is -0.119. The second kappa shape index (κ2) is 8.77. The first-order valence-electron chi connectivity index (χ1n) is 7.62. The number of alkyl halides is 2. The number of hydrogen-bond acceptors (Lipinski definition) is 4. The molecule has 1 amide bonds. The van der Waals surface area contributed by atoms with Gasteiger partial charge in [0.2, 0.25) is 0 Å². The second-order valence-electron chi connectivity index (χ2n) is 5.38. The molecule has 0 aliphatic rings. The molecule has 0 heterocycles. The number of rotatable bonds is 7. The van der Waals surface area contributed by atoms with Gasteiger partial charge in [0.05, 0.1) is 12.8 Å². The van der Waals surface area contributed by atoms with Gasteiger partial charge >= 0.3 is 6.61 Å². The van der Waals surface area contributed by atoms with Crippen molar-refractivity contribution in [2.75, 3.05) is 11.9 Å². The quantitative estimate of drug-likeness (QED) is 0.595. The van der Waals surface area contributed by atoms with Crippen LogP contribution in [-0.2, 0) is 4.79 Å². The van der Waals surface area contributed by atoms with Crippen LogP contribution in [-0.4, -0.2) is 25.3 Å². The Morgan fingerprint density at radius 2 is 1.84 bits per heavy atom. The normalized spacial score (nSPS) is 10.9. The molecule has 0 saturated carbocycles. The number of carbonyl (C=O) groups is 1. The molecule has 2 rings (SSSR count). The minimum absolute atomic E-state index is 0.0839. The Labute approximate surface area is 144 Å². The van der Waals surface area contributed by atoms with Crippen molar-refractivity contribution in [3.63, 3.8) is 0 Å². The molecule has 0 atom stereocenters. The summed E-state index contributed by atoms with van der Waals surface area (Å²) in [5.41, 5.74) is 5.05. The second-order valence-corrected chi connectivity index (χ2v) is 5.38. The molecule has 25 heavy (non-hydrogen) atoms. The molecule has 0 bridgehead atoms. The highest BCUT2D eigenvalue weighted by Gasteiger charge is 2.11. The van der Waals surface area contributed by atoms with E-state index in [-0.39, 0.29) is 18.2 Å². The summed E-state index contributed by atoms with van der Waals surface area (Å²) >= 11 is 0. The van der Waals surface area contributed by atoms with Gasteiger partial charge in [0, 0.05) is 5.69 Å². The van der Waals surface area contributed by atoms with Crippen molar-refractivity contribution in [3.8, 4) is 5.75 Å². The molecule has 0 fully saturated rings. The molecule has 0 radical (unpaired) electrons. The number of ether oxygens (including phenoxy) is 1. The lowest BCUT2D eigenvalue weighted by Crippen LogP contribution is -2.25. The van der Waals surface area contributed by atoms with E-state index in [1.807, 2.05) is 30.3 Å². The standard InChI is InChI=1S/C18H19F2N3O2/c1-12-8-14(9-13(2)17(12)25-18(19)20)10-22-23-16(24)11-21-15-6-4-3-5-7-15/h3-10,18,21H,11H2,1-2H3,(H,23,24)/b22-10-. The Hall–Kier alpha value is -2.96. The number of para-hydroxylation sites is 1. The van der Waals surface area contributed by atoms with E-state index in [0.29, 0.717) is 16.7 Å². The summed E-state index contributed by atoms with van der Waals surface area (Å²) in [7, 11) is 0. The number of anilines is 1. The number of nitrogens with one attached hydrogen (secondary N) is 2. The van der Waals surface area contributed by atoms with Gasteiger partial charge < -0.3 is 10.1 Å². The smallest absolute Gasteiger partial charge is 0.387 e. The number of halogens is 2. The number of nitrogens with zero attached hydrogens (tertiary/aromatic N) is 1. The van der Waals surface area contributed by atoms with Crippen LogP contribution in [0.3, 0.4) is 0 Å². The Kier molecular flexibility index (Phi) is 6.45. The van der Waals surface area contributed by atoms with Gasteiger partial charge in [-0.05, 0) is 54.8 Å². The molecule has 7 heteroatoms. The maximum atomic E-state index is 12.4. The molecule has 2 aromatic carbocycles. The van der Waals surface area contributed by atoms with Crippen molar-refractivity contribution in [1.82, 2.24) is 5.43 Å². The zero-order valence-electron chi connectivity index (χ0n) is 13.9. The van der Waals surface area contributed by atoms with Crippen molar-refractivity contribution < 1.29 is 18.3 Å². The number of hydrogen-bond donors (Lipinski definition) is 2. The third kappa shape index (κ3) is 5.87. The van der Waals surface area contributed by atoms with E-state index in [2.05, 4.69) is 20.6 Å². The molecule has 0 spiro atoms. The summed E-state index contributed by atoms with van der Waals surface area (Å²) in [6, 6.07) is 12.6. The van der Waals surface area contributed by atoms with Crippen LogP contribution in [0.5, 0.6) is 5.75 Å². The SMILES string of the molecule is Cc1cc(/C=N\NC(=O)CNc2ccccc2)cc(C)c1OC(F)F. The first kappa shape index (κ1) is 18.4. The fourth-order valence-corrected chi connectivity index (χ4v) is 2.29. The molecule has 2 N–H and O–H groups in total. The van der Waals surface area contributed by atoms with Crippen LogP contribution < -0.4 is 15.5 Å². The number of hydrazone groups is 1. The van der Waals surface area contributed by atoms with Crippen molar-refractivity contribution >= 4 is 17.8 Å². The maximum Gasteiger partial charge on any atom is 0.387 e. The summed E-state index contributed by atoms with van der Waals surface area (Å²) in [5.74, 6) is -0.144. The van der Waals surface area contributed by atoms with E-state index in [0.717, 1.165) is 5.69 Å². The largest absolute Gasteiger partial charge is 0.434 e. The highest BCUT2D eigenvalue weighted by molar-refractivity contribution is 5.84. The van der Waals surface area contributed by atoms with Crippen molar-refractivity contribution in [2.24, 2.45) is 5.10 Å². The summed E-state index contributed by atoms with van der Waals surface area (Å²) < 4.78 is 29.2. The minimum atomic E-state index is -2.87. The van der Waals surface area contributed by atoms with Crippen LogP contribution in [0, 0.1) is 13.8 Å². The van der Waals surface area contributed by atoms with Gasteiger partial charge in [0.25, 0.3) is 5.91 Å². The lowest BCUT2D eigenvalue weighted by atomic mass is 10.1. The number of aryl methyl sites for hydroxylation is 2. The molecule has 2 aromatic rings. The predicted octanol–water partition coefficient (Wildman–Crippen LogP) is 3.47. The van der Waals surface area contributed by atoms with E-state index >= 15 is 0 Å². The number of benzene rings is 2. The van der Waals surface area contributed by atoms with Crippen LogP contribution in [0.25, 0.3) is 0 Å². The van der Waals surface area contributed by atoms with Gasteiger partial charge in [-0.1, -0.05) is 18.2 Å². The Morgan fingerprint density at radius 3 is 2.44 bits per heavy atom. The van der Waals surface area contributed by atoms with Crippen LogP contribution >= 0.6 is 0 Å². The average Bonchev–Trinajstić information content (AvgIpc) is 2.57. The Bertz CT molecular complexity index is 726. The Balaban J connectivity index is 1.90. The highest BCUT2D eigenvalue weighted by atomic mass is 19.3. The summed E-state index contributed by atoms with van der Waals surface area (Å²) in [6.45, 7) is 0.559. The molecule has 0 saturated heterocycles. The zero-order valence-corrected chi connectivity index (χ0v) is 13.9. The van der Waals surface area contributed by atoms with Crippen molar-refractivity contribution in [2.45, 2.75) is 20.5 Å². The fraction of sp³-hybridized carbons (Fsp3) is 0.222. The van der Waals surface area contributed by atoms with E-state index in [4.69, 9.17) is 0 Å². The van der Waals surface area contributed by atoms with E-state index in [1.54, 1.807) is 26.0 Å². The fourth-order valence-electron chi connectivity index (χ4n) is 2.29. The van der Waals surface area contributed by atoms with Gasteiger partial charge in [0.1, 0.15) is 5.75 Å². The lowest BCUT2D eigenvalue weighted by Gasteiger charge is -2.11. The third-order valence-corrected chi connectivity index (χ3v) is 3.32. The first-order valence-corrected chi connectivity index (χ1v) is 7.62. The van der Waals surface area contributed by atoms with Crippen molar-refractivity contribution in [3.05, 3.63) is 59.2 Å². The van der Waals surface area contributed by atoms with Gasteiger partial charge in [-0.2, -0.15) is 13.9 Å². The highest BCUT2D eigenvalue weighted by Crippen LogP contribution is 2.25. The van der Waals surface area contributed by atoms with E-state index in [1.165, 1.54) is 6.21 Å². The molecule has 132 valence electrons. The molecule has 0 aliphatic carbocycles. The minimum Gasteiger partial charge on any atom is -0.434 e. The molecular formula is C18H19F2N3O2. The van der Waals surface area contributed by atoms with Gasteiger partial charge in [0.15, 0.2) is 0 Å². The van der Waals surface area contributed by atoms with Gasteiger partial charge in [-0.3, -0.25) is 4.79 Å². The molecule has 0 unspecified atom stereocenters. The molecule has 0 aromatic heterocycles. The van der Waals surface area contributed by atoms with Gasteiger partial charge in [-0.25, -0.2) is 5.43 Å². The third-order valence-electron chi connectivity index (χ3n) is 3.32. The van der Waals surface area contributed by atoms with Gasteiger partial charge in [-0.15, -0.1) is 0 Å². The van der Waals surface area contributed by atoms with E-state index < -0.39 is 6.61 Å². The first-order chi connectivity index (χ1) is 12.0. The monoisotopic (exact) mass is 347 g/mol.